The van der Waals surface area contributed by atoms with E-state index in [4.69, 9.17) is 5.73 Å². The van der Waals surface area contributed by atoms with Gasteiger partial charge in [-0.15, -0.1) is 11.3 Å². The van der Waals surface area contributed by atoms with Crippen LogP contribution in [-0.4, -0.2) is 16.8 Å². The van der Waals surface area contributed by atoms with E-state index in [1.165, 1.54) is 11.3 Å². The minimum absolute atomic E-state index is 0.268. The molecule has 0 saturated carbocycles. The maximum atomic E-state index is 12.3. The summed E-state index contributed by atoms with van der Waals surface area (Å²) in [6, 6.07) is 9.00. The molecule has 5 nitrogen and oxygen atoms in total. The third-order valence-electron chi connectivity index (χ3n) is 3.17. The molecular weight excluding hydrogens is 286 g/mol. The molecule has 0 unspecified atom stereocenters. The van der Waals surface area contributed by atoms with E-state index in [1.54, 1.807) is 18.2 Å². The first-order valence-corrected chi connectivity index (χ1v) is 7.15. The Morgan fingerprint density at radius 1 is 1.24 bits per heavy atom. The number of aromatic nitrogens is 1. The van der Waals surface area contributed by atoms with E-state index in [0.29, 0.717) is 16.1 Å². The SMILES string of the molecule is Cc1cc(C(N)=O)c(NC(=O)c2ccc3cc[nH]c3c2)s1. The third-order valence-corrected chi connectivity index (χ3v) is 4.13. The van der Waals surface area contributed by atoms with E-state index >= 15 is 0 Å². The van der Waals surface area contributed by atoms with E-state index in [1.807, 2.05) is 25.3 Å². The largest absolute Gasteiger partial charge is 0.366 e. The fourth-order valence-corrected chi connectivity index (χ4v) is 3.07. The second kappa shape index (κ2) is 5.06. The number of nitrogens with one attached hydrogen (secondary N) is 2. The highest BCUT2D eigenvalue weighted by Crippen LogP contribution is 2.28. The van der Waals surface area contributed by atoms with Crippen molar-refractivity contribution >= 4 is 39.1 Å². The zero-order valence-electron chi connectivity index (χ0n) is 11.3. The van der Waals surface area contributed by atoms with E-state index in [0.717, 1.165) is 15.8 Å². The monoisotopic (exact) mass is 299 g/mol. The molecule has 0 aliphatic heterocycles. The molecule has 6 heteroatoms. The van der Waals surface area contributed by atoms with Gasteiger partial charge in [0.15, 0.2) is 0 Å². The lowest BCUT2D eigenvalue weighted by Gasteiger charge is -2.05. The number of rotatable bonds is 3. The van der Waals surface area contributed by atoms with Crippen molar-refractivity contribution in [3.05, 3.63) is 52.5 Å². The van der Waals surface area contributed by atoms with Gasteiger partial charge in [-0.1, -0.05) is 6.07 Å². The number of amides is 2. The standard InChI is InChI=1S/C15H13N3O2S/c1-8-6-11(13(16)19)15(21-8)18-14(20)10-3-2-9-4-5-17-12(9)7-10/h2-7,17H,1H3,(H2,16,19)(H,18,20). The van der Waals surface area contributed by atoms with Crippen LogP contribution in [0.4, 0.5) is 5.00 Å². The number of carbonyl (C=O) groups excluding carboxylic acids is 2. The molecule has 0 fully saturated rings. The van der Waals surface area contributed by atoms with Crippen LogP contribution in [0.15, 0.2) is 36.5 Å². The first-order chi connectivity index (χ1) is 10.0. The van der Waals surface area contributed by atoms with E-state index < -0.39 is 5.91 Å². The molecule has 0 spiro atoms. The number of hydrogen-bond acceptors (Lipinski definition) is 3. The van der Waals surface area contributed by atoms with Gasteiger partial charge in [-0.3, -0.25) is 9.59 Å². The molecule has 2 aromatic heterocycles. The summed E-state index contributed by atoms with van der Waals surface area (Å²) < 4.78 is 0. The summed E-state index contributed by atoms with van der Waals surface area (Å²) in [5.74, 6) is -0.815. The number of carbonyl (C=O) groups is 2. The summed E-state index contributed by atoms with van der Waals surface area (Å²) in [4.78, 5) is 27.6. The third kappa shape index (κ3) is 2.53. The number of hydrogen-bond donors (Lipinski definition) is 3. The van der Waals surface area contributed by atoms with Gasteiger partial charge in [-0.05, 0) is 36.6 Å². The average Bonchev–Trinajstić information content (AvgIpc) is 3.04. The Hall–Kier alpha value is -2.60. The summed E-state index contributed by atoms with van der Waals surface area (Å²) in [7, 11) is 0. The van der Waals surface area contributed by atoms with E-state index in [2.05, 4.69) is 10.3 Å². The molecule has 0 aliphatic carbocycles. The number of nitrogens with two attached hydrogens (primary N) is 1. The van der Waals surface area contributed by atoms with Crippen LogP contribution in [0, 0.1) is 6.92 Å². The molecule has 0 radical (unpaired) electrons. The van der Waals surface area contributed by atoms with Crippen molar-refractivity contribution < 1.29 is 9.59 Å². The van der Waals surface area contributed by atoms with Crippen LogP contribution in [0.2, 0.25) is 0 Å². The fraction of sp³-hybridized carbons (Fsp3) is 0.0667. The quantitative estimate of drug-likeness (QED) is 0.694. The van der Waals surface area contributed by atoms with Crippen molar-refractivity contribution in [2.24, 2.45) is 5.73 Å². The average molecular weight is 299 g/mol. The molecule has 0 saturated heterocycles. The maximum absolute atomic E-state index is 12.3. The van der Waals surface area contributed by atoms with Gasteiger partial charge in [0, 0.05) is 22.2 Å². The Balaban J connectivity index is 1.90. The van der Waals surface area contributed by atoms with Crippen molar-refractivity contribution in [3.63, 3.8) is 0 Å². The van der Waals surface area contributed by atoms with Gasteiger partial charge in [0.25, 0.3) is 11.8 Å². The minimum atomic E-state index is -0.547. The predicted molar refractivity (Wildman–Crippen MR) is 83.8 cm³/mol. The molecule has 0 atom stereocenters. The lowest BCUT2D eigenvalue weighted by atomic mass is 10.1. The van der Waals surface area contributed by atoms with Crippen molar-refractivity contribution in [1.29, 1.82) is 0 Å². The first-order valence-electron chi connectivity index (χ1n) is 6.33. The van der Waals surface area contributed by atoms with E-state index in [-0.39, 0.29) is 5.91 Å². The number of aryl methyl sites for hydroxylation is 1. The molecule has 4 N–H and O–H groups in total. The molecule has 106 valence electrons. The molecule has 0 bridgehead atoms. The Morgan fingerprint density at radius 3 is 2.81 bits per heavy atom. The molecule has 21 heavy (non-hydrogen) atoms. The highest BCUT2D eigenvalue weighted by Gasteiger charge is 2.15. The molecule has 2 heterocycles. The van der Waals surface area contributed by atoms with Crippen LogP contribution in [0.1, 0.15) is 25.6 Å². The lowest BCUT2D eigenvalue weighted by molar-refractivity contribution is 0.100. The maximum Gasteiger partial charge on any atom is 0.256 e. The van der Waals surface area contributed by atoms with E-state index in [9.17, 15) is 9.59 Å². The summed E-state index contributed by atoms with van der Waals surface area (Å²) in [6.07, 6.45) is 1.82. The number of primary amides is 1. The smallest absolute Gasteiger partial charge is 0.256 e. The van der Waals surface area contributed by atoms with Crippen LogP contribution in [0.5, 0.6) is 0 Å². The van der Waals surface area contributed by atoms with Crippen LogP contribution < -0.4 is 11.1 Å². The van der Waals surface area contributed by atoms with Gasteiger partial charge in [-0.2, -0.15) is 0 Å². The molecule has 3 aromatic rings. The number of anilines is 1. The number of fused-ring (bicyclic) bond motifs is 1. The predicted octanol–water partition coefficient (Wildman–Crippen LogP) is 2.89. The van der Waals surface area contributed by atoms with Crippen molar-refractivity contribution in [2.75, 3.05) is 5.32 Å². The number of thiophene rings is 1. The Labute approximate surface area is 124 Å². The normalized spacial score (nSPS) is 10.7. The first kappa shape index (κ1) is 13.4. The van der Waals surface area contributed by atoms with Gasteiger partial charge < -0.3 is 16.0 Å². The summed E-state index contributed by atoms with van der Waals surface area (Å²) in [5.41, 5.74) is 7.06. The molecule has 0 aliphatic rings. The Kier molecular flexibility index (Phi) is 3.23. The lowest BCUT2D eigenvalue weighted by Crippen LogP contribution is -2.16. The highest BCUT2D eigenvalue weighted by molar-refractivity contribution is 7.16. The van der Waals surface area contributed by atoms with Crippen molar-refractivity contribution in [2.45, 2.75) is 6.92 Å². The van der Waals surface area contributed by atoms with Gasteiger partial charge in [0.05, 0.1) is 5.56 Å². The van der Waals surface area contributed by atoms with Crippen LogP contribution >= 0.6 is 11.3 Å². The van der Waals surface area contributed by atoms with Crippen LogP contribution in [0.25, 0.3) is 10.9 Å². The molecule has 3 rings (SSSR count). The van der Waals surface area contributed by atoms with Crippen LogP contribution in [0.3, 0.4) is 0 Å². The van der Waals surface area contributed by atoms with Gasteiger partial charge in [-0.25, -0.2) is 0 Å². The Bertz CT molecular complexity index is 848. The summed E-state index contributed by atoms with van der Waals surface area (Å²) in [5, 5.41) is 4.27. The zero-order valence-corrected chi connectivity index (χ0v) is 12.1. The molecule has 1 aromatic carbocycles. The Morgan fingerprint density at radius 2 is 2.05 bits per heavy atom. The summed E-state index contributed by atoms with van der Waals surface area (Å²) >= 11 is 1.33. The highest BCUT2D eigenvalue weighted by atomic mass is 32.1. The van der Waals surface area contributed by atoms with Crippen LogP contribution in [-0.2, 0) is 0 Å². The fourth-order valence-electron chi connectivity index (χ4n) is 2.15. The molecular formula is C15H13N3O2S. The number of H-pyrrole nitrogens is 1. The van der Waals surface area contributed by atoms with Gasteiger partial charge in [0.1, 0.15) is 5.00 Å². The minimum Gasteiger partial charge on any atom is -0.366 e. The van der Waals surface area contributed by atoms with Crippen molar-refractivity contribution in [3.8, 4) is 0 Å². The summed E-state index contributed by atoms with van der Waals surface area (Å²) in [6.45, 7) is 1.86. The zero-order chi connectivity index (χ0) is 15.0. The second-order valence-electron chi connectivity index (χ2n) is 4.70. The number of aromatic amines is 1. The number of benzene rings is 1. The topological polar surface area (TPSA) is 88.0 Å². The van der Waals surface area contributed by atoms with Gasteiger partial charge >= 0.3 is 0 Å². The molecule has 2 amide bonds. The second-order valence-corrected chi connectivity index (χ2v) is 5.95. The van der Waals surface area contributed by atoms with Gasteiger partial charge in [0.2, 0.25) is 0 Å². The van der Waals surface area contributed by atoms with Crippen molar-refractivity contribution in [1.82, 2.24) is 4.98 Å².